The van der Waals surface area contributed by atoms with E-state index in [-0.39, 0.29) is 5.91 Å². The molecule has 0 fully saturated rings. The molecule has 2 aromatic carbocycles. The van der Waals surface area contributed by atoms with Gasteiger partial charge < -0.3 is 14.8 Å². The molecule has 0 spiro atoms. The van der Waals surface area contributed by atoms with E-state index in [1.165, 1.54) is 16.7 Å². The molecule has 4 nitrogen and oxygen atoms in total. The van der Waals surface area contributed by atoms with Gasteiger partial charge in [0.15, 0.2) is 11.5 Å². The van der Waals surface area contributed by atoms with Crippen LogP contribution in [0, 0.1) is 13.8 Å². The van der Waals surface area contributed by atoms with Crippen LogP contribution in [0.15, 0.2) is 42.5 Å². The lowest BCUT2D eigenvalue weighted by atomic mass is 10.0. The van der Waals surface area contributed by atoms with E-state index in [1.54, 1.807) is 26.4 Å². The summed E-state index contributed by atoms with van der Waals surface area (Å²) in [5.41, 5.74) is 4.81. The number of ether oxygens (including phenoxy) is 2. The van der Waals surface area contributed by atoms with Crippen molar-refractivity contribution in [2.24, 2.45) is 0 Å². The molecule has 0 aliphatic rings. The third kappa shape index (κ3) is 5.66. The Balaban J connectivity index is 1.80. The van der Waals surface area contributed by atoms with Gasteiger partial charge in [0.25, 0.3) is 0 Å². The summed E-state index contributed by atoms with van der Waals surface area (Å²) in [6, 6.07) is 12.0. The first kappa shape index (κ1) is 19.6. The lowest BCUT2D eigenvalue weighted by Crippen LogP contribution is -2.22. The van der Waals surface area contributed by atoms with Gasteiger partial charge in [0.1, 0.15) is 0 Å². The summed E-state index contributed by atoms with van der Waals surface area (Å²) < 4.78 is 10.5. The van der Waals surface area contributed by atoms with Gasteiger partial charge in [0.2, 0.25) is 5.91 Å². The highest BCUT2D eigenvalue weighted by molar-refractivity contribution is 5.91. The van der Waals surface area contributed by atoms with Crippen molar-refractivity contribution in [3.63, 3.8) is 0 Å². The molecule has 0 saturated carbocycles. The highest BCUT2D eigenvalue weighted by atomic mass is 16.5. The smallest absolute Gasteiger partial charge is 0.243 e. The van der Waals surface area contributed by atoms with Crippen molar-refractivity contribution in [1.82, 2.24) is 5.32 Å². The number of amides is 1. The van der Waals surface area contributed by atoms with Crippen molar-refractivity contribution in [3.05, 3.63) is 64.7 Å². The van der Waals surface area contributed by atoms with Crippen molar-refractivity contribution in [1.29, 1.82) is 0 Å². The van der Waals surface area contributed by atoms with Crippen molar-refractivity contribution in [2.45, 2.75) is 26.7 Å². The Morgan fingerprint density at radius 3 is 2.50 bits per heavy atom. The van der Waals surface area contributed by atoms with E-state index >= 15 is 0 Å². The van der Waals surface area contributed by atoms with Crippen LogP contribution in [0.5, 0.6) is 11.5 Å². The predicted octanol–water partition coefficient (Wildman–Crippen LogP) is 4.08. The number of carbonyl (C=O) groups is 1. The summed E-state index contributed by atoms with van der Waals surface area (Å²) in [6.45, 7) is 4.89. The molecule has 2 rings (SSSR count). The largest absolute Gasteiger partial charge is 0.493 e. The van der Waals surface area contributed by atoms with E-state index in [2.05, 4.69) is 37.4 Å². The minimum atomic E-state index is -0.0968. The Hall–Kier alpha value is -2.75. The number of benzene rings is 2. The third-order valence-electron chi connectivity index (χ3n) is 4.25. The van der Waals surface area contributed by atoms with Crippen LogP contribution in [0.1, 0.15) is 28.7 Å². The normalized spacial score (nSPS) is 10.8. The van der Waals surface area contributed by atoms with Crippen LogP contribution in [-0.2, 0) is 11.2 Å². The first-order chi connectivity index (χ1) is 12.5. The standard InChI is InChI=1S/C22H27NO3/c1-16-7-10-19(17(2)14-16)6-5-13-23-22(24)12-9-18-8-11-20(25-3)21(15-18)26-4/h7-12,14-15H,5-6,13H2,1-4H3,(H,23,24)/b12-9+. The third-order valence-corrected chi connectivity index (χ3v) is 4.25. The zero-order valence-corrected chi connectivity index (χ0v) is 16.0. The number of nitrogens with one attached hydrogen (secondary N) is 1. The Morgan fingerprint density at radius 1 is 1.04 bits per heavy atom. The molecule has 0 heterocycles. The average Bonchev–Trinajstić information content (AvgIpc) is 2.64. The average molecular weight is 353 g/mol. The number of hydrogen-bond acceptors (Lipinski definition) is 3. The van der Waals surface area contributed by atoms with Crippen molar-refractivity contribution in [2.75, 3.05) is 20.8 Å². The van der Waals surface area contributed by atoms with Gasteiger partial charge in [-0.1, -0.05) is 29.8 Å². The maximum absolute atomic E-state index is 12.0. The molecule has 0 unspecified atom stereocenters. The predicted molar refractivity (Wildman–Crippen MR) is 106 cm³/mol. The topological polar surface area (TPSA) is 47.6 Å². The highest BCUT2D eigenvalue weighted by Crippen LogP contribution is 2.27. The molecule has 4 heteroatoms. The maximum Gasteiger partial charge on any atom is 0.243 e. The molecule has 1 amide bonds. The molecule has 2 aromatic rings. The molecular formula is C22H27NO3. The van der Waals surface area contributed by atoms with E-state index < -0.39 is 0 Å². The monoisotopic (exact) mass is 353 g/mol. The molecule has 0 bridgehead atoms. The second kappa shape index (κ2) is 9.66. The van der Waals surface area contributed by atoms with Crippen LogP contribution in [-0.4, -0.2) is 26.7 Å². The molecule has 26 heavy (non-hydrogen) atoms. The quantitative estimate of drug-likeness (QED) is 0.574. The highest BCUT2D eigenvalue weighted by Gasteiger charge is 2.03. The number of hydrogen-bond donors (Lipinski definition) is 1. The van der Waals surface area contributed by atoms with Crippen molar-refractivity contribution in [3.8, 4) is 11.5 Å². The molecule has 0 radical (unpaired) electrons. The van der Waals surface area contributed by atoms with Gasteiger partial charge in [-0.25, -0.2) is 0 Å². The zero-order valence-electron chi connectivity index (χ0n) is 16.0. The van der Waals surface area contributed by atoms with E-state index in [9.17, 15) is 4.79 Å². The number of methoxy groups -OCH3 is 2. The first-order valence-corrected chi connectivity index (χ1v) is 8.77. The summed E-state index contributed by atoms with van der Waals surface area (Å²) in [5, 5.41) is 2.92. The molecule has 0 aromatic heterocycles. The summed E-state index contributed by atoms with van der Waals surface area (Å²) in [6.07, 6.45) is 5.19. The lowest BCUT2D eigenvalue weighted by Gasteiger charge is -2.08. The minimum absolute atomic E-state index is 0.0968. The summed E-state index contributed by atoms with van der Waals surface area (Å²) >= 11 is 0. The second-order valence-electron chi connectivity index (χ2n) is 6.27. The number of carbonyl (C=O) groups excluding carboxylic acids is 1. The van der Waals surface area contributed by atoms with E-state index in [0.29, 0.717) is 18.0 Å². The lowest BCUT2D eigenvalue weighted by molar-refractivity contribution is -0.116. The van der Waals surface area contributed by atoms with Crippen molar-refractivity contribution >= 4 is 12.0 Å². The molecular weight excluding hydrogens is 326 g/mol. The fourth-order valence-corrected chi connectivity index (χ4v) is 2.80. The Bertz CT molecular complexity index is 781. The Morgan fingerprint density at radius 2 is 1.81 bits per heavy atom. The summed E-state index contributed by atoms with van der Waals surface area (Å²) in [7, 11) is 3.19. The van der Waals surface area contributed by atoms with Gasteiger partial charge in [-0.15, -0.1) is 0 Å². The fourth-order valence-electron chi connectivity index (χ4n) is 2.80. The molecule has 0 aliphatic heterocycles. The van der Waals surface area contributed by atoms with E-state index in [4.69, 9.17) is 9.47 Å². The van der Waals surface area contributed by atoms with Crippen LogP contribution in [0.4, 0.5) is 0 Å². The molecule has 0 atom stereocenters. The fraction of sp³-hybridized carbons (Fsp3) is 0.318. The van der Waals surface area contributed by atoms with Crippen LogP contribution < -0.4 is 14.8 Å². The minimum Gasteiger partial charge on any atom is -0.493 e. The first-order valence-electron chi connectivity index (χ1n) is 8.77. The van der Waals surface area contributed by atoms with Crippen LogP contribution in [0.25, 0.3) is 6.08 Å². The summed E-state index contributed by atoms with van der Waals surface area (Å²) in [5.74, 6) is 1.21. The molecule has 0 aliphatic carbocycles. The van der Waals surface area contributed by atoms with Gasteiger partial charge >= 0.3 is 0 Å². The van der Waals surface area contributed by atoms with E-state index in [1.807, 2.05) is 18.2 Å². The van der Waals surface area contributed by atoms with Gasteiger partial charge in [-0.05, 0) is 61.6 Å². The van der Waals surface area contributed by atoms with Gasteiger partial charge in [-0.3, -0.25) is 4.79 Å². The van der Waals surface area contributed by atoms with Crippen LogP contribution in [0.3, 0.4) is 0 Å². The van der Waals surface area contributed by atoms with Crippen molar-refractivity contribution < 1.29 is 14.3 Å². The Kier molecular flexibility index (Phi) is 7.27. The Labute approximate surface area is 155 Å². The van der Waals surface area contributed by atoms with Gasteiger partial charge in [0.05, 0.1) is 14.2 Å². The van der Waals surface area contributed by atoms with E-state index in [0.717, 1.165) is 18.4 Å². The number of rotatable bonds is 8. The molecule has 1 N–H and O–H groups in total. The zero-order chi connectivity index (χ0) is 18.9. The second-order valence-corrected chi connectivity index (χ2v) is 6.27. The van der Waals surface area contributed by atoms with Crippen LogP contribution in [0.2, 0.25) is 0 Å². The van der Waals surface area contributed by atoms with Gasteiger partial charge in [-0.2, -0.15) is 0 Å². The molecule has 0 saturated heterocycles. The maximum atomic E-state index is 12.0. The van der Waals surface area contributed by atoms with Crippen LogP contribution >= 0.6 is 0 Å². The van der Waals surface area contributed by atoms with Gasteiger partial charge in [0, 0.05) is 12.6 Å². The summed E-state index contributed by atoms with van der Waals surface area (Å²) in [4.78, 5) is 12.0. The SMILES string of the molecule is COc1ccc(/C=C/C(=O)NCCCc2ccc(C)cc2C)cc1OC. The molecule has 138 valence electrons. The number of aryl methyl sites for hydroxylation is 3.